The Labute approximate surface area is 144 Å². The van der Waals surface area contributed by atoms with E-state index in [4.69, 9.17) is 18.9 Å². The number of aromatic nitrogens is 1. The molecule has 0 radical (unpaired) electrons. The zero-order valence-corrected chi connectivity index (χ0v) is 14.1. The maximum atomic E-state index is 12.2. The molecule has 0 bridgehead atoms. The molecule has 1 amide bonds. The number of carbonyl (C=O) groups excluding carboxylic acids is 2. The lowest BCUT2D eigenvalue weighted by Gasteiger charge is -2.14. The average molecular weight is 346 g/mol. The van der Waals surface area contributed by atoms with E-state index in [1.165, 1.54) is 39.7 Å². The number of nitrogens with zero attached hydrogens (tertiary/aromatic N) is 1. The number of carbonyl (C=O) groups is 2. The van der Waals surface area contributed by atoms with Crippen LogP contribution in [0.2, 0.25) is 0 Å². The van der Waals surface area contributed by atoms with Gasteiger partial charge in [0.2, 0.25) is 5.75 Å². The van der Waals surface area contributed by atoms with Crippen molar-refractivity contribution >= 4 is 11.9 Å². The quantitative estimate of drug-likeness (QED) is 0.601. The number of esters is 1. The monoisotopic (exact) mass is 346 g/mol. The summed E-state index contributed by atoms with van der Waals surface area (Å²) in [6, 6.07) is 6.17. The average Bonchev–Trinajstić information content (AvgIpc) is 2.67. The second-order valence-electron chi connectivity index (χ2n) is 4.74. The van der Waals surface area contributed by atoms with Gasteiger partial charge in [-0.1, -0.05) is 0 Å². The van der Waals surface area contributed by atoms with Gasteiger partial charge in [-0.25, -0.2) is 4.79 Å². The topological polar surface area (TPSA) is 96.0 Å². The molecule has 2 rings (SSSR count). The molecule has 0 saturated heterocycles. The third-order valence-corrected chi connectivity index (χ3v) is 3.26. The van der Waals surface area contributed by atoms with E-state index >= 15 is 0 Å². The number of hydrogen-bond donors (Lipinski definition) is 1. The van der Waals surface area contributed by atoms with E-state index in [0.29, 0.717) is 22.8 Å². The molecule has 0 aliphatic rings. The van der Waals surface area contributed by atoms with Gasteiger partial charge in [0.25, 0.3) is 5.91 Å². The molecule has 1 aromatic carbocycles. The first-order valence-electron chi connectivity index (χ1n) is 7.26. The van der Waals surface area contributed by atoms with Gasteiger partial charge in [0.15, 0.2) is 18.2 Å². The molecule has 8 heteroatoms. The Morgan fingerprint density at radius 2 is 1.72 bits per heavy atom. The summed E-state index contributed by atoms with van der Waals surface area (Å²) >= 11 is 0. The van der Waals surface area contributed by atoms with Gasteiger partial charge in [0, 0.05) is 12.4 Å². The van der Waals surface area contributed by atoms with E-state index in [2.05, 4.69) is 10.3 Å². The highest BCUT2D eigenvalue weighted by atomic mass is 16.5. The number of rotatable bonds is 7. The van der Waals surface area contributed by atoms with Crippen LogP contribution in [0, 0.1) is 0 Å². The van der Waals surface area contributed by atoms with Crippen molar-refractivity contribution in [1.82, 2.24) is 10.3 Å². The molecule has 2 aromatic rings. The Morgan fingerprint density at radius 1 is 1.04 bits per heavy atom. The second kappa shape index (κ2) is 8.53. The molecule has 0 atom stereocenters. The third kappa shape index (κ3) is 4.37. The highest BCUT2D eigenvalue weighted by Gasteiger charge is 2.18. The van der Waals surface area contributed by atoms with Gasteiger partial charge >= 0.3 is 5.97 Å². The Morgan fingerprint density at radius 3 is 2.24 bits per heavy atom. The number of methoxy groups -OCH3 is 3. The van der Waals surface area contributed by atoms with Crippen LogP contribution in [-0.4, -0.2) is 44.9 Å². The summed E-state index contributed by atoms with van der Waals surface area (Å²) < 4.78 is 20.6. The van der Waals surface area contributed by atoms with Gasteiger partial charge in [0.05, 0.1) is 32.5 Å². The van der Waals surface area contributed by atoms with Crippen molar-refractivity contribution in [3.05, 3.63) is 47.8 Å². The van der Waals surface area contributed by atoms with Gasteiger partial charge in [-0.05, 0) is 24.3 Å². The van der Waals surface area contributed by atoms with Crippen molar-refractivity contribution in [2.45, 2.75) is 0 Å². The molecule has 1 N–H and O–H groups in total. The summed E-state index contributed by atoms with van der Waals surface area (Å²) in [6.07, 6.45) is 2.97. The Balaban J connectivity index is 2.02. The molecule has 25 heavy (non-hydrogen) atoms. The summed E-state index contributed by atoms with van der Waals surface area (Å²) in [5.74, 6) is -0.0237. The summed E-state index contributed by atoms with van der Waals surface area (Å²) in [5, 5.41) is 2.47. The lowest BCUT2D eigenvalue weighted by molar-refractivity contribution is 0.0463. The molecule has 1 aromatic heterocycles. The van der Waals surface area contributed by atoms with E-state index in [9.17, 15) is 9.59 Å². The van der Waals surface area contributed by atoms with E-state index < -0.39 is 11.9 Å². The van der Waals surface area contributed by atoms with Crippen LogP contribution in [0.4, 0.5) is 0 Å². The van der Waals surface area contributed by atoms with Crippen molar-refractivity contribution in [3.63, 3.8) is 0 Å². The Kier molecular flexibility index (Phi) is 6.16. The summed E-state index contributed by atoms with van der Waals surface area (Å²) in [7, 11) is 4.35. The predicted octanol–water partition coefficient (Wildman–Crippen LogP) is 1.65. The molecule has 0 saturated carbocycles. The smallest absolute Gasteiger partial charge is 0.340 e. The second-order valence-corrected chi connectivity index (χ2v) is 4.74. The maximum absolute atomic E-state index is 12.2. The van der Waals surface area contributed by atoms with Crippen molar-refractivity contribution in [3.8, 4) is 17.2 Å². The van der Waals surface area contributed by atoms with Crippen molar-refractivity contribution in [1.29, 1.82) is 0 Å². The first kappa shape index (κ1) is 18.1. The summed E-state index contributed by atoms with van der Waals surface area (Å²) in [4.78, 5) is 27.9. The van der Waals surface area contributed by atoms with Crippen molar-refractivity contribution in [2.75, 3.05) is 28.1 Å². The van der Waals surface area contributed by atoms with Crippen LogP contribution in [0.3, 0.4) is 0 Å². The SMILES string of the molecule is COc1cc(C(=O)OCNC(=O)c2cccnc2)cc(OC)c1OC. The number of amides is 1. The molecular formula is C17H18N2O6. The molecule has 0 aliphatic carbocycles. The predicted molar refractivity (Wildman–Crippen MR) is 88.1 cm³/mol. The fourth-order valence-corrected chi connectivity index (χ4v) is 2.05. The van der Waals surface area contributed by atoms with Gasteiger partial charge in [-0.2, -0.15) is 0 Å². The van der Waals surface area contributed by atoms with Gasteiger partial charge in [-0.3, -0.25) is 9.78 Å². The highest BCUT2D eigenvalue weighted by molar-refractivity contribution is 5.94. The zero-order valence-electron chi connectivity index (χ0n) is 14.1. The molecule has 0 unspecified atom stereocenters. The van der Waals surface area contributed by atoms with Crippen LogP contribution in [0.1, 0.15) is 20.7 Å². The molecule has 0 aliphatic heterocycles. The standard InChI is InChI=1S/C17H18N2O6/c1-22-13-7-12(8-14(23-2)15(13)24-3)17(21)25-10-19-16(20)11-5-4-6-18-9-11/h4-9H,10H2,1-3H3,(H,19,20). The first-order chi connectivity index (χ1) is 12.1. The molecule has 1 heterocycles. The molecular weight excluding hydrogens is 328 g/mol. The van der Waals surface area contributed by atoms with E-state index in [-0.39, 0.29) is 12.3 Å². The lowest BCUT2D eigenvalue weighted by atomic mass is 10.2. The Bertz CT molecular complexity index is 723. The fourth-order valence-electron chi connectivity index (χ4n) is 2.05. The van der Waals surface area contributed by atoms with Crippen LogP contribution < -0.4 is 19.5 Å². The third-order valence-electron chi connectivity index (χ3n) is 3.26. The summed E-state index contributed by atoms with van der Waals surface area (Å²) in [5.41, 5.74) is 0.566. The van der Waals surface area contributed by atoms with Crippen LogP contribution in [0.5, 0.6) is 17.2 Å². The minimum absolute atomic E-state index is 0.199. The number of ether oxygens (including phenoxy) is 4. The number of nitrogens with one attached hydrogen (secondary N) is 1. The highest BCUT2D eigenvalue weighted by Crippen LogP contribution is 2.38. The van der Waals surface area contributed by atoms with Gasteiger partial charge in [-0.15, -0.1) is 0 Å². The van der Waals surface area contributed by atoms with Crippen molar-refractivity contribution in [2.24, 2.45) is 0 Å². The maximum Gasteiger partial charge on any atom is 0.340 e. The summed E-state index contributed by atoms with van der Waals surface area (Å²) in [6.45, 7) is -0.288. The number of pyridine rings is 1. The molecule has 0 spiro atoms. The van der Waals surface area contributed by atoms with E-state index in [0.717, 1.165) is 0 Å². The minimum atomic E-state index is -0.647. The van der Waals surface area contributed by atoms with Crippen LogP contribution in [-0.2, 0) is 4.74 Å². The van der Waals surface area contributed by atoms with Crippen LogP contribution in [0.25, 0.3) is 0 Å². The zero-order chi connectivity index (χ0) is 18.2. The van der Waals surface area contributed by atoms with Gasteiger partial charge < -0.3 is 24.3 Å². The molecule has 8 nitrogen and oxygen atoms in total. The lowest BCUT2D eigenvalue weighted by Crippen LogP contribution is -2.27. The van der Waals surface area contributed by atoms with Crippen LogP contribution >= 0.6 is 0 Å². The van der Waals surface area contributed by atoms with Gasteiger partial charge in [0.1, 0.15) is 0 Å². The Hall–Kier alpha value is -3.29. The largest absolute Gasteiger partial charge is 0.493 e. The molecule has 0 fully saturated rings. The fraction of sp³-hybridized carbons (Fsp3) is 0.235. The van der Waals surface area contributed by atoms with E-state index in [1.807, 2.05) is 0 Å². The first-order valence-corrected chi connectivity index (χ1v) is 7.26. The van der Waals surface area contributed by atoms with E-state index in [1.54, 1.807) is 18.3 Å². The minimum Gasteiger partial charge on any atom is -0.493 e. The van der Waals surface area contributed by atoms with Crippen LogP contribution in [0.15, 0.2) is 36.7 Å². The number of hydrogen-bond acceptors (Lipinski definition) is 7. The van der Waals surface area contributed by atoms with Crippen molar-refractivity contribution < 1.29 is 28.5 Å². The normalized spacial score (nSPS) is 9.88. The number of benzene rings is 1. The molecule has 132 valence electrons.